The Labute approximate surface area is 124 Å². The molecular weight excluding hydrogens is 270 g/mol. The minimum atomic E-state index is -0.0622. The smallest absolute Gasteiger partial charge is 0.240 e. The SMILES string of the molecule is CC(C)(C)CC(C)(C)Nc1nc(NN)nc2sccc12. The Bertz CT molecular complexity index is 597. The number of nitrogens with zero attached hydrogens (tertiary/aromatic N) is 2. The molecule has 6 heteroatoms. The number of hydrazine groups is 1. The van der Waals surface area contributed by atoms with Gasteiger partial charge in [0, 0.05) is 5.54 Å². The van der Waals surface area contributed by atoms with Crippen LogP contribution < -0.4 is 16.6 Å². The molecule has 0 aromatic carbocycles. The normalized spacial score (nSPS) is 12.7. The number of hydrogen-bond donors (Lipinski definition) is 3. The number of nitrogen functional groups attached to an aromatic ring is 1. The summed E-state index contributed by atoms with van der Waals surface area (Å²) >= 11 is 1.58. The van der Waals surface area contributed by atoms with Crippen molar-refractivity contribution in [1.29, 1.82) is 0 Å². The fourth-order valence-corrected chi connectivity index (χ4v) is 3.47. The fourth-order valence-electron chi connectivity index (χ4n) is 2.71. The summed E-state index contributed by atoms with van der Waals surface area (Å²) in [5.41, 5.74) is 2.71. The first-order valence-corrected chi connectivity index (χ1v) is 7.58. The number of nitrogens with two attached hydrogens (primary N) is 1. The van der Waals surface area contributed by atoms with E-state index in [1.54, 1.807) is 11.3 Å². The van der Waals surface area contributed by atoms with Gasteiger partial charge < -0.3 is 5.32 Å². The van der Waals surface area contributed by atoms with Crippen molar-refractivity contribution >= 4 is 33.3 Å². The Morgan fingerprint density at radius 3 is 2.50 bits per heavy atom. The van der Waals surface area contributed by atoms with Crippen LogP contribution in [0.2, 0.25) is 0 Å². The Balaban J connectivity index is 2.35. The highest BCUT2D eigenvalue weighted by atomic mass is 32.1. The van der Waals surface area contributed by atoms with Crippen LogP contribution in [0, 0.1) is 5.41 Å². The predicted octanol–water partition coefficient (Wildman–Crippen LogP) is 3.60. The molecule has 0 radical (unpaired) electrons. The van der Waals surface area contributed by atoms with Crippen molar-refractivity contribution in [1.82, 2.24) is 9.97 Å². The van der Waals surface area contributed by atoms with Crippen LogP contribution in [0.1, 0.15) is 41.0 Å². The lowest BCUT2D eigenvalue weighted by molar-refractivity contribution is 0.302. The van der Waals surface area contributed by atoms with Crippen molar-refractivity contribution in [2.75, 3.05) is 10.7 Å². The molecule has 110 valence electrons. The monoisotopic (exact) mass is 293 g/mol. The molecule has 0 amide bonds. The minimum Gasteiger partial charge on any atom is -0.364 e. The molecule has 0 aliphatic carbocycles. The van der Waals surface area contributed by atoms with Gasteiger partial charge in [0.2, 0.25) is 5.95 Å². The molecule has 2 rings (SSSR count). The van der Waals surface area contributed by atoms with Gasteiger partial charge in [0.1, 0.15) is 10.6 Å². The number of thiophene rings is 1. The van der Waals surface area contributed by atoms with Crippen LogP contribution in [-0.4, -0.2) is 15.5 Å². The molecule has 0 atom stereocenters. The van der Waals surface area contributed by atoms with Gasteiger partial charge in [-0.1, -0.05) is 20.8 Å². The highest BCUT2D eigenvalue weighted by Crippen LogP contribution is 2.32. The average Bonchev–Trinajstić information content (AvgIpc) is 2.72. The third kappa shape index (κ3) is 3.58. The van der Waals surface area contributed by atoms with Crippen LogP contribution in [-0.2, 0) is 0 Å². The molecule has 2 heterocycles. The van der Waals surface area contributed by atoms with E-state index in [2.05, 4.69) is 55.3 Å². The molecule has 2 aromatic heterocycles. The second-order valence-electron chi connectivity index (χ2n) is 6.93. The zero-order valence-corrected chi connectivity index (χ0v) is 13.6. The first-order valence-electron chi connectivity index (χ1n) is 6.70. The Hall–Kier alpha value is -1.40. The third-order valence-corrected chi connectivity index (χ3v) is 3.69. The van der Waals surface area contributed by atoms with E-state index >= 15 is 0 Å². The van der Waals surface area contributed by atoms with Crippen LogP contribution >= 0.6 is 11.3 Å². The zero-order chi connectivity index (χ0) is 15.0. The maximum atomic E-state index is 5.45. The summed E-state index contributed by atoms with van der Waals surface area (Å²) in [5.74, 6) is 6.72. The summed E-state index contributed by atoms with van der Waals surface area (Å²) in [4.78, 5) is 9.74. The molecule has 0 fully saturated rings. The van der Waals surface area contributed by atoms with Gasteiger partial charge in [-0.25, -0.2) is 10.8 Å². The highest BCUT2D eigenvalue weighted by molar-refractivity contribution is 7.16. The molecule has 0 aliphatic rings. The Morgan fingerprint density at radius 1 is 1.20 bits per heavy atom. The summed E-state index contributed by atoms with van der Waals surface area (Å²) in [5, 5.41) is 6.59. The zero-order valence-electron chi connectivity index (χ0n) is 12.7. The summed E-state index contributed by atoms with van der Waals surface area (Å²) in [7, 11) is 0. The number of aromatic nitrogens is 2. The van der Waals surface area contributed by atoms with Crippen molar-refractivity contribution in [2.45, 2.75) is 46.6 Å². The van der Waals surface area contributed by atoms with Crippen molar-refractivity contribution in [2.24, 2.45) is 11.3 Å². The van der Waals surface area contributed by atoms with Crippen molar-refractivity contribution < 1.29 is 0 Å². The van der Waals surface area contributed by atoms with Crippen LogP contribution in [0.15, 0.2) is 11.4 Å². The first-order chi connectivity index (χ1) is 9.20. The van der Waals surface area contributed by atoms with Crippen LogP contribution in [0.4, 0.5) is 11.8 Å². The van der Waals surface area contributed by atoms with Gasteiger partial charge in [-0.15, -0.1) is 11.3 Å². The standard InChI is InChI=1S/C14H23N5S/c1-13(2,3)8-14(4,5)18-10-9-6-7-20-11(9)17-12(16-10)19-15/h6-7H,8,15H2,1-5H3,(H2,16,17,18,19). The number of rotatable bonds is 4. The van der Waals surface area contributed by atoms with Crippen molar-refractivity contribution in [3.63, 3.8) is 0 Å². The highest BCUT2D eigenvalue weighted by Gasteiger charge is 2.26. The maximum absolute atomic E-state index is 5.45. The van der Waals surface area contributed by atoms with Crippen LogP contribution in [0.3, 0.4) is 0 Å². The topological polar surface area (TPSA) is 75.9 Å². The molecule has 5 nitrogen and oxygen atoms in total. The molecule has 4 N–H and O–H groups in total. The molecule has 0 bridgehead atoms. The van der Waals surface area contributed by atoms with Crippen LogP contribution in [0.25, 0.3) is 10.2 Å². The fraction of sp³-hybridized carbons (Fsp3) is 0.571. The summed E-state index contributed by atoms with van der Waals surface area (Å²) in [6, 6.07) is 2.04. The summed E-state index contributed by atoms with van der Waals surface area (Å²) in [6.45, 7) is 11.1. The molecule has 0 spiro atoms. The van der Waals surface area contributed by atoms with E-state index in [9.17, 15) is 0 Å². The second kappa shape index (κ2) is 5.18. The van der Waals surface area contributed by atoms with Gasteiger partial charge in [0.05, 0.1) is 5.39 Å². The van der Waals surface area contributed by atoms with Gasteiger partial charge >= 0.3 is 0 Å². The molecule has 0 unspecified atom stereocenters. The summed E-state index contributed by atoms with van der Waals surface area (Å²) < 4.78 is 0. The molecule has 2 aromatic rings. The van der Waals surface area contributed by atoms with E-state index in [-0.39, 0.29) is 11.0 Å². The van der Waals surface area contributed by atoms with E-state index in [0.717, 1.165) is 22.5 Å². The van der Waals surface area contributed by atoms with Gasteiger partial charge in [-0.05, 0) is 37.1 Å². The summed E-state index contributed by atoms with van der Waals surface area (Å²) in [6.07, 6.45) is 1.03. The lowest BCUT2D eigenvalue weighted by atomic mass is 9.82. The molecular formula is C14H23N5S. The number of anilines is 2. The van der Waals surface area contributed by atoms with E-state index in [1.807, 2.05) is 11.4 Å². The van der Waals surface area contributed by atoms with Gasteiger partial charge in [-0.2, -0.15) is 4.98 Å². The van der Waals surface area contributed by atoms with Gasteiger partial charge in [0.25, 0.3) is 0 Å². The maximum Gasteiger partial charge on any atom is 0.240 e. The molecule has 0 aliphatic heterocycles. The Morgan fingerprint density at radius 2 is 1.90 bits per heavy atom. The number of fused-ring (bicyclic) bond motifs is 1. The quantitative estimate of drug-likeness (QED) is 0.593. The number of nitrogens with one attached hydrogen (secondary N) is 2. The predicted molar refractivity (Wildman–Crippen MR) is 87.0 cm³/mol. The minimum absolute atomic E-state index is 0.0622. The third-order valence-electron chi connectivity index (χ3n) is 2.88. The van der Waals surface area contributed by atoms with Crippen molar-refractivity contribution in [3.05, 3.63) is 11.4 Å². The molecule has 0 saturated heterocycles. The van der Waals surface area contributed by atoms with Crippen LogP contribution in [0.5, 0.6) is 0 Å². The van der Waals surface area contributed by atoms with Gasteiger partial charge in [-0.3, -0.25) is 5.43 Å². The lowest BCUT2D eigenvalue weighted by Gasteiger charge is -2.34. The average molecular weight is 293 g/mol. The molecule has 0 saturated carbocycles. The first kappa shape index (κ1) is 15.0. The van der Waals surface area contributed by atoms with E-state index in [1.165, 1.54) is 0 Å². The second-order valence-corrected chi connectivity index (χ2v) is 7.82. The lowest BCUT2D eigenvalue weighted by Crippen LogP contribution is -2.36. The molecule has 20 heavy (non-hydrogen) atoms. The van der Waals surface area contributed by atoms with E-state index in [0.29, 0.717) is 5.95 Å². The van der Waals surface area contributed by atoms with Gasteiger partial charge in [0.15, 0.2) is 0 Å². The number of hydrogen-bond acceptors (Lipinski definition) is 6. The van der Waals surface area contributed by atoms with E-state index < -0.39 is 0 Å². The van der Waals surface area contributed by atoms with E-state index in [4.69, 9.17) is 5.84 Å². The van der Waals surface area contributed by atoms with Crippen molar-refractivity contribution in [3.8, 4) is 0 Å². The Kier molecular flexibility index (Phi) is 3.88. The largest absolute Gasteiger partial charge is 0.364 e.